The maximum atomic E-state index is 9.43. The Kier molecular flexibility index (Phi) is 5.33. The molecule has 0 atom stereocenters. The molecule has 0 amide bonds. The standard InChI is InChI=1S/C17H27BrN2O/c1-17(2,3)19-10-13-9-14(18)5-6-16(13)20(4)11-12-7-15(21)8-12/h5-6,9,12,15,19,21H,7-8,10-11H2,1-4H3. The fourth-order valence-corrected chi connectivity index (χ4v) is 3.17. The van der Waals surface area contributed by atoms with E-state index in [9.17, 15) is 5.11 Å². The van der Waals surface area contributed by atoms with Crippen molar-refractivity contribution in [2.75, 3.05) is 18.5 Å². The zero-order chi connectivity index (χ0) is 15.6. The lowest BCUT2D eigenvalue weighted by Gasteiger charge is -2.36. The predicted octanol–water partition coefficient (Wildman–Crippen LogP) is 3.54. The summed E-state index contributed by atoms with van der Waals surface area (Å²) in [5.74, 6) is 0.622. The molecular weight excluding hydrogens is 328 g/mol. The summed E-state index contributed by atoms with van der Waals surface area (Å²) in [6.45, 7) is 8.43. The summed E-state index contributed by atoms with van der Waals surface area (Å²) in [6.07, 6.45) is 1.81. The van der Waals surface area contributed by atoms with Crippen molar-refractivity contribution in [3.05, 3.63) is 28.2 Å². The quantitative estimate of drug-likeness (QED) is 0.848. The first-order valence-corrected chi connectivity index (χ1v) is 8.46. The van der Waals surface area contributed by atoms with Gasteiger partial charge in [-0.1, -0.05) is 15.9 Å². The van der Waals surface area contributed by atoms with E-state index in [0.717, 1.165) is 30.4 Å². The van der Waals surface area contributed by atoms with Gasteiger partial charge in [0.15, 0.2) is 0 Å². The second kappa shape index (κ2) is 6.67. The molecule has 0 unspecified atom stereocenters. The van der Waals surface area contributed by atoms with Crippen LogP contribution in [0.15, 0.2) is 22.7 Å². The number of aliphatic hydroxyl groups is 1. The SMILES string of the molecule is CN(CC1CC(O)C1)c1ccc(Br)cc1CNC(C)(C)C. The number of anilines is 1. The Morgan fingerprint density at radius 1 is 1.33 bits per heavy atom. The normalized spacial score (nSPS) is 22.0. The minimum absolute atomic E-state index is 0.0738. The molecule has 118 valence electrons. The summed E-state index contributed by atoms with van der Waals surface area (Å²) in [7, 11) is 2.15. The largest absolute Gasteiger partial charge is 0.393 e. The molecule has 0 saturated heterocycles. The highest BCUT2D eigenvalue weighted by Gasteiger charge is 2.28. The molecule has 1 saturated carbocycles. The van der Waals surface area contributed by atoms with Crippen molar-refractivity contribution in [1.29, 1.82) is 0 Å². The lowest BCUT2D eigenvalue weighted by Crippen LogP contribution is -2.38. The van der Waals surface area contributed by atoms with Crippen LogP contribution in [0.2, 0.25) is 0 Å². The molecule has 3 nitrogen and oxygen atoms in total. The predicted molar refractivity (Wildman–Crippen MR) is 92.7 cm³/mol. The molecule has 2 N–H and O–H groups in total. The van der Waals surface area contributed by atoms with Gasteiger partial charge in [0, 0.05) is 35.8 Å². The van der Waals surface area contributed by atoms with Gasteiger partial charge in [0.2, 0.25) is 0 Å². The highest BCUT2D eigenvalue weighted by atomic mass is 79.9. The topological polar surface area (TPSA) is 35.5 Å². The van der Waals surface area contributed by atoms with Crippen molar-refractivity contribution in [2.24, 2.45) is 5.92 Å². The summed E-state index contributed by atoms with van der Waals surface area (Å²) in [5.41, 5.74) is 2.69. The summed E-state index contributed by atoms with van der Waals surface area (Å²) >= 11 is 3.57. The number of halogens is 1. The number of nitrogens with one attached hydrogen (secondary N) is 1. The maximum absolute atomic E-state index is 9.43. The molecule has 0 spiro atoms. The minimum Gasteiger partial charge on any atom is -0.393 e. The number of rotatable bonds is 5. The Balaban J connectivity index is 2.06. The average molecular weight is 355 g/mol. The molecule has 21 heavy (non-hydrogen) atoms. The molecule has 0 aromatic heterocycles. The van der Waals surface area contributed by atoms with Crippen molar-refractivity contribution in [1.82, 2.24) is 5.32 Å². The van der Waals surface area contributed by atoms with Crippen LogP contribution < -0.4 is 10.2 Å². The first-order chi connectivity index (χ1) is 9.74. The Bertz CT molecular complexity index is 478. The highest BCUT2D eigenvalue weighted by Crippen LogP contribution is 2.31. The lowest BCUT2D eigenvalue weighted by molar-refractivity contribution is 0.0464. The van der Waals surface area contributed by atoms with Crippen molar-refractivity contribution in [2.45, 2.75) is 51.8 Å². The summed E-state index contributed by atoms with van der Waals surface area (Å²) < 4.78 is 1.12. The third kappa shape index (κ3) is 4.97. The Labute approximate surface area is 136 Å². The van der Waals surface area contributed by atoms with Gasteiger partial charge in [0.1, 0.15) is 0 Å². The van der Waals surface area contributed by atoms with Crippen LogP contribution >= 0.6 is 15.9 Å². The third-order valence-corrected chi connectivity index (χ3v) is 4.50. The summed E-state index contributed by atoms with van der Waals surface area (Å²) in [5, 5.41) is 13.0. The van der Waals surface area contributed by atoms with Gasteiger partial charge in [-0.25, -0.2) is 0 Å². The van der Waals surface area contributed by atoms with Crippen LogP contribution in [-0.4, -0.2) is 30.3 Å². The Morgan fingerprint density at radius 2 is 2.00 bits per heavy atom. The summed E-state index contributed by atoms with van der Waals surface area (Å²) in [6, 6.07) is 6.47. The van der Waals surface area contributed by atoms with E-state index in [1.54, 1.807) is 0 Å². The number of benzene rings is 1. The molecule has 0 radical (unpaired) electrons. The van der Waals surface area contributed by atoms with Gasteiger partial charge in [-0.15, -0.1) is 0 Å². The van der Waals surface area contributed by atoms with E-state index >= 15 is 0 Å². The number of hydrogen-bond donors (Lipinski definition) is 2. The second-order valence-electron chi connectivity index (χ2n) is 7.25. The van der Waals surface area contributed by atoms with Gasteiger partial charge in [-0.05, 0) is 63.3 Å². The van der Waals surface area contributed by atoms with E-state index < -0.39 is 0 Å². The molecule has 2 rings (SSSR count). The fourth-order valence-electron chi connectivity index (χ4n) is 2.76. The minimum atomic E-state index is -0.0738. The van der Waals surface area contributed by atoms with Crippen molar-refractivity contribution < 1.29 is 5.11 Å². The molecule has 0 bridgehead atoms. The first kappa shape index (κ1) is 16.8. The third-order valence-electron chi connectivity index (χ3n) is 4.00. The number of aliphatic hydroxyl groups excluding tert-OH is 1. The van der Waals surface area contributed by atoms with Gasteiger partial charge in [-0.2, -0.15) is 0 Å². The number of hydrogen-bond acceptors (Lipinski definition) is 3. The molecular formula is C17H27BrN2O. The van der Waals surface area contributed by atoms with Gasteiger partial charge < -0.3 is 15.3 Å². The van der Waals surface area contributed by atoms with Crippen LogP contribution in [0.25, 0.3) is 0 Å². The highest BCUT2D eigenvalue weighted by molar-refractivity contribution is 9.10. The van der Waals surface area contributed by atoms with Crippen LogP contribution in [0.3, 0.4) is 0 Å². The van der Waals surface area contributed by atoms with Crippen molar-refractivity contribution >= 4 is 21.6 Å². The van der Waals surface area contributed by atoms with E-state index in [4.69, 9.17) is 0 Å². The van der Waals surface area contributed by atoms with Crippen molar-refractivity contribution in [3.8, 4) is 0 Å². The van der Waals surface area contributed by atoms with Crippen LogP contribution in [0.1, 0.15) is 39.2 Å². The zero-order valence-electron chi connectivity index (χ0n) is 13.5. The Morgan fingerprint density at radius 3 is 2.57 bits per heavy atom. The maximum Gasteiger partial charge on any atom is 0.0546 e. The average Bonchev–Trinajstić information content (AvgIpc) is 2.33. The Hall–Kier alpha value is -0.580. The molecule has 4 heteroatoms. The molecule has 1 aromatic carbocycles. The van der Waals surface area contributed by atoms with Gasteiger partial charge >= 0.3 is 0 Å². The van der Waals surface area contributed by atoms with Crippen LogP contribution in [0, 0.1) is 5.92 Å². The van der Waals surface area contributed by atoms with E-state index in [2.05, 4.69) is 72.2 Å². The van der Waals surface area contributed by atoms with Crippen LogP contribution in [-0.2, 0) is 6.54 Å². The zero-order valence-corrected chi connectivity index (χ0v) is 15.1. The van der Waals surface area contributed by atoms with Crippen LogP contribution in [0.5, 0.6) is 0 Å². The number of nitrogens with zero attached hydrogens (tertiary/aromatic N) is 1. The van der Waals surface area contributed by atoms with Crippen LogP contribution in [0.4, 0.5) is 5.69 Å². The smallest absolute Gasteiger partial charge is 0.0546 e. The van der Waals surface area contributed by atoms with E-state index in [1.807, 2.05) is 0 Å². The van der Waals surface area contributed by atoms with E-state index in [1.165, 1.54) is 11.3 Å². The molecule has 0 aliphatic heterocycles. The van der Waals surface area contributed by atoms with E-state index in [-0.39, 0.29) is 11.6 Å². The monoisotopic (exact) mass is 354 g/mol. The molecule has 0 heterocycles. The van der Waals surface area contributed by atoms with Gasteiger partial charge in [0.05, 0.1) is 6.10 Å². The fraction of sp³-hybridized carbons (Fsp3) is 0.647. The second-order valence-corrected chi connectivity index (χ2v) is 8.16. The molecule has 1 aromatic rings. The molecule has 1 aliphatic carbocycles. The van der Waals surface area contributed by atoms with Crippen molar-refractivity contribution in [3.63, 3.8) is 0 Å². The van der Waals surface area contributed by atoms with Gasteiger partial charge in [-0.3, -0.25) is 0 Å². The van der Waals surface area contributed by atoms with Gasteiger partial charge in [0.25, 0.3) is 0 Å². The lowest BCUT2D eigenvalue weighted by atomic mass is 9.82. The first-order valence-electron chi connectivity index (χ1n) is 7.67. The molecule has 1 fully saturated rings. The summed E-state index contributed by atoms with van der Waals surface area (Å²) in [4.78, 5) is 2.32. The molecule has 1 aliphatic rings. The van der Waals surface area contributed by atoms with E-state index in [0.29, 0.717) is 5.92 Å².